The number of fused-ring (bicyclic) bond motifs is 3. The lowest BCUT2D eigenvalue weighted by Crippen LogP contribution is -2.10. The summed E-state index contributed by atoms with van der Waals surface area (Å²) in [5, 5.41) is 7.71. The first-order chi connectivity index (χ1) is 20.3. The van der Waals surface area contributed by atoms with Gasteiger partial charge in [0.1, 0.15) is 0 Å². The molecular weight excluding hydrogens is 504 g/mol. The Balaban J connectivity index is 1.64. The second-order valence-corrected chi connectivity index (χ2v) is 12.7. The van der Waals surface area contributed by atoms with E-state index in [2.05, 4.69) is 162 Å². The fourth-order valence-electron chi connectivity index (χ4n) is 6.48. The highest BCUT2D eigenvalue weighted by molar-refractivity contribution is 6.23. The third kappa shape index (κ3) is 4.39. The predicted octanol–water partition coefficient (Wildman–Crippen LogP) is 12.1. The van der Waals surface area contributed by atoms with Crippen molar-refractivity contribution in [2.45, 2.75) is 40.0 Å². The van der Waals surface area contributed by atoms with Gasteiger partial charge in [-0.1, -0.05) is 136 Å². The van der Waals surface area contributed by atoms with Crippen molar-refractivity contribution in [1.82, 2.24) is 0 Å². The van der Waals surface area contributed by atoms with Crippen molar-refractivity contribution in [2.75, 3.05) is 0 Å². The van der Waals surface area contributed by atoms with Crippen LogP contribution >= 0.6 is 0 Å². The zero-order chi connectivity index (χ0) is 29.0. The van der Waals surface area contributed by atoms with Crippen LogP contribution in [-0.2, 0) is 5.41 Å². The highest BCUT2D eigenvalue weighted by Crippen LogP contribution is 2.47. The average molecular weight is 541 g/mol. The summed E-state index contributed by atoms with van der Waals surface area (Å²) >= 11 is 0. The molecule has 204 valence electrons. The zero-order valence-electron chi connectivity index (χ0n) is 25.1. The summed E-state index contributed by atoms with van der Waals surface area (Å²) < 4.78 is 0. The second kappa shape index (κ2) is 10.00. The Morgan fingerprint density at radius 1 is 0.405 bits per heavy atom. The van der Waals surface area contributed by atoms with Gasteiger partial charge in [-0.15, -0.1) is 0 Å². The Bertz CT molecular complexity index is 2100. The quantitative estimate of drug-likeness (QED) is 0.196. The molecule has 42 heavy (non-hydrogen) atoms. The van der Waals surface area contributed by atoms with E-state index in [4.69, 9.17) is 0 Å². The van der Waals surface area contributed by atoms with Crippen LogP contribution in [0.5, 0.6) is 0 Å². The minimum Gasteiger partial charge on any atom is -0.0622 e. The van der Waals surface area contributed by atoms with Gasteiger partial charge in [0, 0.05) is 0 Å². The molecule has 0 radical (unpaired) electrons. The Morgan fingerprint density at radius 3 is 1.50 bits per heavy atom. The third-order valence-corrected chi connectivity index (χ3v) is 8.92. The number of benzene rings is 7. The van der Waals surface area contributed by atoms with Gasteiger partial charge in [-0.3, -0.25) is 0 Å². The van der Waals surface area contributed by atoms with E-state index in [1.165, 1.54) is 82.4 Å². The van der Waals surface area contributed by atoms with E-state index in [0.717, 1.165) is 0 Å². The minimum absolute atomic E-state index is 0.115. The maximum absolute atomic E-state index is 2.42. The molecule has 7 rings (SSSR count). The summed E-state index contributed by atoms with van der Waals surface area (Å²) in [6.45, 7) is 11.3. The molecule has 0 aromatic heterocycles. The molecule has 0 spiro atoms. The molecule has 0 aliphatic carbocycles. The number of hydrogen-bond donors (Lipinski definition) is 0. The molecule has 0 nitrogen and oxygen atoms in total. The summed E-state index contributed by atoms with van der Waals surface area (Å²) in [6, 6.07) is 47.5. The molecule has 0 fully saturated rings. The van der Waals surface area contributed by atoms with E-state index in [0.29, 0.717) is 0 Å². The van der Waals surface area contributed by atoms with Crippen LogP contribution in [0.4, 0.5) is 0 Å². The fourth-order valence-corrected chi connectivity index (χ4v) is 6.48. The monoisotopic (exact) mass is 540 g/mol. The lowest BCUT2D eigenvalue weighted by Gasteiger charge is -2.22. The standard InChI is InChI=1S/C42H36/c1-27-23-37-38(24-28(27)2)41(39-26-32-16-10-9-15-31(32)25-36(39)29-13-7-6-8-14-29)35-18-12-11-17-34(35)40(37)30-19-21-33(22-20-30)42(3,4)5/h6-26H,1-5H3. The first-order valence-electron chi connectivity index (χ1n) is 14.9. The van der Waals surface area contributed by atoms with Crippen molar-refractivity contribution >= 4 is 32.3 Å². The highest BCUT2D eigenvalue weighted by atomic mass is 14.2. The minimum atomic E-state index is 0.115. The van der Waals surface area contributed by atoms with Gasteiger partial charge in [0.05, 0.1) is 0 Å². The smallest absolute Gasteiger partial charge is 0.00198 e. The van der Waals surface area contributed by atoms with Crippen LogP contribution in [0.1, 0.15) is 37.5 Å². The van der Waals surface area contributed by atoms with Gasteiger partial charge in [0.2, 0.25) is 0 Å². The molecule has 0 saturated carbocycles. The molecule has 0 heterocycles. The van der Waals surface area contributed by atoms with Gasteiger partial charge >= 0.3 is 0 Å². The van der Waals surface area contributed by atoms with E-state index < -0.39 is 0 Å². The van der Waals surface area contributed by atoms with Gasteiger partial charge < -0.3 is 0 Å². The van der Waals surface area contributed by atoms with Gasteiger partial charge in [-0.05, 0) is 114 Å². The van der Waals surface area contributed by atoms with E-state index >= 15 is 0 Å². The molecule has 0 atom stereocenters. The first kappa shape index (κ1) is 26.2. The molecule has 0 amide bonds. The van der Waals surface area contributed by atoms with Crippen molar-refractivity contribution in [3.05, 3.63) is 144 Å². The Morgan fingerprint density at radius 2 is 0.905 bits per heavy atom. The van der Waals surface area contributed by atoms with Gasteiger partial charge in [-0.25, -0.2) is 0 Å². The van der Waals surface area contributed by atoms with Crippen LogP contribution < -0.4 is 0 Å². The first-order valence-corrected chi connectivity index (χ1v) is 14.9. The summed E-state index contributed by atoms with van der Waals surface area (Å²) in [6.07, 6.45) is 0. The maximum Gasteiger partial charge on any atom is -0.00198 e. The molecule has 0 N–H and O–H groups in total. The average Bonchev–Trinajstić information content (AvgIpc) is 3.00. The molecule has 0 heteroatoms. The lowest BCUT2D eigenvalue weighted by molar-refractivity contribution is 0.590. The van der Waals surface area contributed by atoms with Crippen molar-refractivity contribution in [3.63, 3.8) is 0 Å². The molecule has 7 aromatic carbocycles. The highest BCUT2D eigenvalue weighted by Gasteiger charge is 2.21. The van der Waals surface area contributed by atoms with Crippen LogP contribution in [0.25, 0.3) is 65.7 Å². The normalized spacial score (nSPS) is 11.9. The van der Waals surface area contributed by atoms with E-state index in [9.17, 15) is 0 Å². The van der Waals surface area contributed by atoms with Crippen LogP contribution in [0.2, 0.25) is 0 Å². The summed E-state index contributed by atoms with van der Waals surface area (Å²) in [5.74, 6) is 0. The van der Waals surface area contributed by atoms with Crippen molar-refractivity contribution in [2.24, 2.45) is 0 Å². The Hall–Kier alpha value is -4.68. The SMILES string of the molecule is Cc1cc2c(-c3ccc(C(C)(C)C)cc3)c3ccccc3c(-c3cc4ccccc4cc3-c3ccccc3)c2cc1C. The molecule has 0 bridgehead atoms. The number of rotatable bonds is 3. The number of hydrogen-bond acceptors (Lipinski definition) is 0. The Kier molecular flexibility index (Phi) is 6.24. The molecule has 0 aliphatic rings. The Labute approximate surface area is 249 Å². The van der Waals surface area contributed by atoms with Gasteiger partial charge in [-0.2, -0.15) is 0 Å². The summed E-state index contributed by atoms with van der Waals surface area (Å²) in [5.41, 5.74) is 11.8. The maximum atomic E-state index is 2.42. The summed E-state index contributed by atoms with van der Waals surface area (Å²) in [7, 11) is 0. The van der Waals surface area contributed by atoms with E-state index in [1.54, 1.807) is 0 Å². The van der Waals surface area contributed by atoms with Crippen molar-refractivity contribution in [1.29, 1.82) is 0 Å². The van der Waals surface area contributed by atoms with E-state index in [1.807, 2.05) is 0 Å². The van der Waals surface area contributed by atoms with Crippen LogP contribution in [0, 0.1) is 13.8 Å². The van der Waals surface area contributed by atoms with Crippen molar-refractivity contribution < 1.29 is 0 Å². The molecule has 0 saturated heterocycles. The molecule has 0 unspecified atom stereocenters. The third-order valence-electron chi connectivity index (χ3n) is 8.92. The molecular formula is C42H36. The van der Waals surface area contributed by atoms with Crippen LogP contribution in [0.3, 0.4) is 0 Å². The largest absolute Gasteiger partial charge is 0.0622 e. The zero-order valence-corrected chi connectivity index (χ0v) is 25.1. The second-order valence-electron chi connectivity index (χ2n) is 12.7. The van der Waals surface area contributed by atoms with E-state index in [-0.39, 0.29) is 5.41 Å². The van der Waals surface area contributed by atoms with Crippen molar-refractivity contribution in [3.8, 4) is 33.4 Å². The van der Waals surface area contributed by atoms with Crippen LogP contribution in [-0.4, -0.2) is 0 Å². The molecule has 0 aliphatic heterocycles. The van der Waals surface area contributed by atoms with Gasteiger partial charge in [0.15, 0.2) is 0 Å². The predicted molar refractivity (Wildman–Crippen MR) is 183 cm³/mol. The molecule has 7 aromatic rings. The van der Waals surface area contributed by atoms with Gasteiger partial charge in [0.25, 0.3) is 0 Å². The summed E-state index contributed by atoms with van der Waals surface area (Å²) in [4.78, 5) is 0. The fraction of sp³-hybridized carbons (Fsp3) is 0.143. The number of aryl methyl sites for hydroxylation is 2. The van der Waals surface area contributed by atoms with Crippen LogP contribution in [0.15, 0.2) is 127 Å². The topological polar surface area (TPSA) is 0 Å². The lowest BCUT2D eigenvalue weighted by atomic mass is 9.81.